The van der Waals surface area contributed by atoms with E-state index in [1.54, 1.807) is 19.1 Å². The predicted molar refractivity (Wildman–Crippen MR) is 93.7 cm³/mol. The smallest absolute Gasteiger partial charge is 0.363 e. The van der Waals surface area contributed by atoms with Gasteiger partial charge in [0.25, 0.3) is 0 Å². The maximum absolute atomic E-state index is 13.3. The Morgan fingerprint density at radius 3 is 2.65 bits per heavy atom. The van der Waals surface area contributed by atoms with E-state index in [9.17, 15) is 9.18 Å². The van der Waals surface area contributed by atoms with Crippen LogP contribution in [0.3, 0.4) is 0 Å². The number of aliphatic imine (C=N–C) groups is 1. The fourth-order valence-electron chi connectivity index (χ4n) is 2.69. The minimum absolute atomic E-state index is 0.0882. The van der Waals surface area contributed by atoms with Gasteiger partial charge in [-0.2, -0.15) is 0 Å². The summed E-state index contributed by atoms with van der Waals surface area (Å²) in [6.45, 7) is 1.72. The highest BCUT2D eigenvalue weighted by Gasteiger charge is 2.30. The summed E-state index contributed by atoms with van der Waals surface area (Å²) in [5.41, 5.74) is 2.49. The van der Waals surface area contributed by atoms with Gasteiger partial charge in [-0.25, -0.2) is 14.2 Å². The van der Waals surface area contributed by atoms with Crippen LogP contribution in [0.2, 0.25) is 0 Å². The molecule has 1 aliphatic heterocycles. The van der Waals surface area contributed by atoms with Crippen molar-refractivity contribution in [2.24, 2.45) is 4.99 Å². The number of ether oxygens (including phenoxy) is 1. The lowest BCUT2D eigenvalue weighted by Crippen LogP contribution is -2.07. The third kappa shape index (κ3) is 2.93. The Hall–Kier alpha value is -3.54. The first-order valence-electron chi connectivity index (χ1n) is 7.92. The van der Waals surface area contributed by atoms with Crippen LogP contribution in [-0.2, 0) is 9.53 Å². The van der Waals surface area contributed by atoms with E-state index >= 15 is 0 Å². The van der Waals surface area contributed by atoms with E-state index in [2.05, 4.69) is 10.1 Å². The summed E-state index contributed by atoms with van der Waals surface area (Å²) < 4.78 is 23.9. The lowest BCUT2D eigenvalue weighted by Gasteiger charge is -2.01. The quantitative estimate of drug-likeness (QED) is 0.527. The topological polar surface area (TPSA) is 64.7 Å². The predicted octanol–water partition coefficient (Wildman–Crippen LogP) is 4.13. The number of halogens is 1. The molecule has 3 aromatic rings. The van der Waals surface area contributed by atoms with Crippen molar-refractivity contribution in [1.82, 2.24) is 5.16 Å². The second-order valence-electron chi connectivity index (χ2n) is 5.72. The van der Waals surface area contributed by atoms with Crippen LogP contribution >= 0.6 is 0 Å². The van der Waals surface area contributed by atoms with Gasteiger partial charge in [0, 0.05) is 5.56 Å². The summed E-state index contributed by atoms with van der Waals surface area (Å²) in [5.74, 6) is -0.391. The number of aryl methyl sites for hydroxylation is 1. The van der Waals surface area contributed by atoms with Crippen molar-refractivity contribution < 1.29 is 18.4 Å². The van der Waals surface area contributed by atoms with Gasteiger partial charge in [0.2, 0.25) is 5.90 Å². The number of benzene rings is 2. The molecule has 0 saturated carbocycles. The number of cyclic esters (lactones) is 1. The summed E-state index contributed by atoms with van der Waals surface area (Å²) in [5, 5.41) is 4.06. The molecule has 0 atom stereocenters. The summed E-state index contributed by atoms with van der Waals surface area (Å²) in [6, 6.07) is 15.3. The summed E-state index contributed by atoms with van der Waals surface area (Å²) in [6.07, 6.45) is 1.48. The maximum Gasteiger partial charge on any atom is 0.363 e. The maximum atomic E-state index is 13.3. The number of carbonyl (C=O) groups is 1. The zero-order valence-electron chi connectivity index (χ0n) is 13.8. The van der Waals surface area contributed by atoms with Gasteiger partial charge in [0.15, 0.2) is 5.70 Å². The van der Waals surface area contributed by atoms with Crippen LogP contribution < -0.4 is 0 Å². The van der Waals surface area contributed by atoms with E-state index in [4.69, 9.17) is 9.26 Å². The number of esters is 1. The highest BCUT2D eigenvalue weighted by atomic mass is 19.1. The van der Waals surface area contributed by atoms with Crippen molar-refractivity contribution >= 4 is 17.9 Å². The SMILES string of the molecule is Cc1onc(-c2ccccc2)c1C1=NC(=Cc2cccc(F)c2)C(=O)O1. The molecule has 0 aliphatic carbocycles. The zero-order valence-corrected chi connectivity index (χ0v) is 13.8. The molecule has 0 N–H and O–H groups in total. The Labute approximate surface area is 148 Å². The third-order valence-electron chi connectivity index (χ3n) is 3.90. The first-order chi connectivity index (χ1) is 12.6. The zero-order chi connectivity index (χ0) is 18.1. The molecule has 0 unspecified atom stereocenters. The van der Waals surface area contributed by atoms with Gasteiger partial charge in [0.05, 0.1) is 0 Å². The molecule has 2 heterocycles. The van der Waals surface area contributed by atoms with E-state index in [0.717, 1.165) is 5.56 Å². The molecule has 0 fully saturated rings. The van der Waals surface area contributed by atoms with E-state index in [1.165, 1.54) is 18.2 Å². The third-order valence-corrected chi connectivity index (χ3v) is 3.90. The van der Waals surface area contributed by atoms with Crippen molar-refractivity contribution in [1.29, 1.82) is 0 Å². The lowest BCUT2D eigenvalue weighted by molar-refractivity contribution is -0.129. The Morgan fingerprint density at radius 2 is 1.88 bits per heavy atom. The van der Waals surface area contributed by atoms with Crippen molar-refractivity contribution in [3.63, 3.8) is 0 Å². The summed E-state index contributed by atoms with van der Waals surface area (Å²) in [7, 11) is 0. The number of carbonyl (C=O) groups excluding carboxylic acids is 1. The van der Waals surface area contributed by atoms with Crippen LogP contribution in [-0.4, -0.2) is 17.0 Å². The molecule has 0 bridgehead atoms. The van der Waals surface area contributed by atoms with Gasteiger partial charge in [0.1, 0.15) is 22.8 Å². The molecule has 1 aromatic heterocycles. The molecule has 6 heteroatoms. The van der Waals surface area contributed by atoms with Crippen molar-refractivity contribution in [2.45, 2.75) is 6.92 Å². The highest BCUT2D eigenvalue weighted by Crippen LogP contribution is 2.29. The van der Waals surface area contributed by atoms with Crippen molar-refractivity contribution in [2.75, 3.05) is 0 Å². The van der Waals surface area contributed by atoms with E-state index in [1.807, 2.05) is 30.3 Å². The molecule has 26 heavy (non-hydrogen) atoms. The lowest BCUT2D eigenvalue weighted by atomic mass is 10.1. The van der Waals surface area contributed by atoms with Crippen LogP contribution in [0.4, 0.5) is 4.39 Å². The fraction of sp³-hybridized carbons (Fsp3) is 0.0500. The standard InChI is InChI=1S/C20H13FN2O3/c1-12-17(18(23-26-12)14-7-3-2-4-8-14)19-22-16(20(24)25-19)11-13-6-5-9-15(21)10-13/h2-11H,1H3. The average molecular weight is 348 g/mol. The van der Waals surface area contributed by atoms with Crippen LogP contribution in [0.5, 0.6) is 0 Å². The molecular weight excluding hydrogens is 335 g/mol. The highest BCUT2D eigenvalue weighted by molar-refractivity contribution is 6.15. The number of rotatable bonds is 3. The molecule has 0 saturated heterocycles. The van der Waals surface area contributed by atoms with Gasteiger partial charge >= 0.3 is 5.97 Å². The molecule has 5 nitrogen and oxygen atoms in total. The number of hydrogen-bond acceptors (Lipinski definition) is 5. The molecule has 2 aromatic carbocycles. The van der Waals surface area contributed by atoms with E-state index in [0.29, 0.717) is 22.6 Å². The van der Waals surface area contributed by atoms with E-state index in [-0.39, 0.29) is 11.6 Å². The Balaban J connectivity index is 1.76. The van der Waals surface area contributed by atoms with Gasteiger partial charge in [-0.1, -0.05) is 47.6 Å². The van der Waals surface area contributed by atoms with Gasteiger partial charge in [-0.3, -0.25) is 0 Å². The van der Waals surface area contributed by atoms with Crippen LogP contribution in [0.1, 0.15) is 16.9 Å². The molecular formula is C20H13FN2O3. The van der Waals surface area contributed by atoms with Crippen LogP contribution in [0.15, 0.2) is 69.8 Å². The number of aromatic nitrogens is 1. The second kappa shape index (κ2) is 6.40. The van der Waals surface area contributed by atoms with Crippen LogP contribution in [0.25, 0.3) is 17.3 Å². The number of hydrogen-bond donors (Lipinski definition) is 0. The van der Waals surface area contributed by atoms with Gasteiger partial charge < -0.3 is 9.26 Å². The van der Waals surface area contributed by atoms with Gasteiger partial charge in [-0.05, 0) is 30.7 Å². The summed E-state index contributed by atoms with van der Waals surface area (Å²) in [4.78, 5) is 16.4. The molecule has 4 rings (SSSR count). The van der Waals surface area contributed by atoms with Gasteiger partial charge in [-0.15, -0.1) is 0 Å². The minimum atomic E-state index is -0.608. The first kappa shape index (κ1) is 16.0. The van der Waals surface area contributed by atoms with Crippen molar-refractivity contribution in [3.8, 4) is 11.3 Å². The normalized spacial score (nSPS) is 15.2. The minimum Gasteiger partial charge on any atom is -0.402 e. The molecule has 1 aliphatic rings. The molecule has 128 valence electrons. The average Bonchev–Trinajstić information content (AvgIpc) is 3.18. The van der Waals surface area contributed by atoms with Crippen molar-refractivity contribution in [3.05, 3.63) is 83.0 Å². The Morgan fingerprint density at radius 1 is 1.08 bits per heavy atom. The summed E-state index contributed by atoms with van der Waals surface area (Å²) >= 11 is 0. The largest absolute Gasteiger partial charge is 0.402 e. The molecule has 0 amide bonds. The van der Waals surface area contributed by atoms with Crippen LogP contribution in [0, 0.1) is 12.7 Å². The Kier molecular flexibility index (Phi) is 3.93. The molecule has 0 radical (unpaired) electrons. The number of nitrogens with zero attached hydrogens (tertiary/aromatic N) is 2. The first-order valence-corrected chi connectivity index (χ1v) is 7.92. The monoisotopic (exact) mass is 348 g/mol. The Bertz CT molecular complexity index is 1050. The van der Waals surface area contributed by atoms with E-state index < -0.39 is 11.8 Å². The second-order valence-corrected chi connectivity index (χ2v) is 5.72. The molecule has 0 spiro atoms. The fourth-order valence-corrected chi connectivity index (χ4v) is 2.69.